The van der Waals surface area contributed by atoms with Gasteiger partial charge in [-0.2, -0.15) is 0 Å². The van der Waals surface area contributed by atoms with Crippen molar-refractivity contribution in [3.63, 3.8) is 0 Å². The van der Waals surface area contributed by atoms with Crippen LogP contribution in [-0.2, 0) is 17.9 Å². The van der Waals surface area contributed by atoms with Crippen LogP contribution < -0.4 is 0 Å². The maximum Gasteiger partial charge on any atom is 0.272 e. The van der Waals surface area contributed by atoms with Crippen molar-refractivity contribution >= 4 is 16.9 Å². The molecule has 5 nitrogen and oxygen atoms in total. The van der Waals surface area contributed by atoms with Gasteiger partial charge in [-0.25, -0.2) is 13.8 Å². The van der Waals surface area contributed by atoms with Crippen LogP contribution in [0.4, 0.5) is 8.78 Å². The van der Waals surface area contributed by atoms with Crippen LogP contribution in [-0.4, -0.2) is 56.9 Å². The van der Waals surface area contributed by atoms with Crippen LogP contribution in [0.1, 0.15) is 102 Å². The number of halogens is 2. The minimum Gasteiger partial charge on any atom is -0.340 e. The van der Waals surface area contributed by atoms with Crippen molar-refractivity contribution in [3.8, 4) is 0 Å². The van der Waals surface area contributed by atoms with Crippen molar-refractivity contribution in [1.29, 1.82) is 0 Å². The van der Waals surface area contributed by atoms with Crippen LogP contribution in [0.25, 0.3) is 11.0 Å². The van der Waals surface area contributed by atoms with Gasteiger partial charge < -0.3 is 9.47 Å². The first-order valence-electron chi connectivity index (χ1n) is 14.8. The van der Waals surface area contributed by atoms with Gasteiger partial charge in [0, 0.05) is 38.0 Å². The van der Waals surface area contributed by atoms with Crippen molar-refractivity contribution in [2.75, 3.05) is 19.6 Å². The Morgan fingerprint density at radius 1 is 1.05 bits per heavy atom. The van der Waals surface area contributed by atoms with Crippen LogP contribution in [0.15, 0.2) is 18.2 Å². The summed E-state index contributed by atoms with van der Waals surface area (Å²) in [5.74, 6) is 0.0377. The van der Waals surface area contributed by atoms with Crippen LogP contribution in [0, 0.1) is 5.92 Å². The zero-order chi connectivity index (χ0) is 26.0. The Bertz CT molecular complexity index is 1060. The van der Waals surface area contributed by atoms with E-state index in [1.54, 1.807) is 4.90 Å². The molecule has 0 radical (unpaired) electrons. The van der Waals surface area contributed by atoms with E-state index in [4.69, 9.17) is 4.98 Å². The number of likely N-dealkylation sites (tertiary alicyclic amines) is 1. The summed E-state index contributed by atoms with van der Waals surface area (Å²) in [6, 6.07) is 6.59. The highest BCUT2D eigenvalue weighted by atomic mass is 19.3. The zero-order valence-electron chi connectivity index (χ0n) is 22.7. The van der Waals surface area contributed by atoms with E-state index in [0.29, 0.717) is 31.5 Å². The first kappa shape index (κ1) is 26.6. The largest absolute Gasteiger partial charge is 0.340 e. The molecule has 0 unspecified atom stereocenters. The van der Waals surface area contributed by atoms with E-state index in [2.05, 4.69) is 29.4 Å². The first-order valence-corrected chi connectivity index (χ1v) is 14.8. The standard InChI is InChI=1S/C30H44F2N4O/c1-3-22-10-13-24(14-11-22)29-33-26-15-12-23(19-34-20-30(31,32)21-34)18-27(26)36(29)17-16-28(37)35(4-2)25-8-6-5-7-9-25/h12,15,18,22,24-25H,3-11,13-14,16-17,19-21H2,1-2H3. The molecule has 204 valence electrons. The van der Waals surface area contributed by atoms with Crippen molar-refractivity contribution in [3.05, 3.63) is 29.6 Å². The molecule has 1 saturated heterocycles. The number of imidazole rings is 1. The molecular weight excluding hydrogens is 470 g/mol. The van der Waals surface area contributed by atoms with Crippen LogP contribution >= 0.6 is 0 Å². The Labute approximate surface area is 220 Å². The molecule has 3 fully saturated rings. The van der Waals surface area contributed by atoms with E-state index in [-0.39, 0.29) is 19.0 Å². The molecule has 1 aromatic carbocycles. The fraction of sp³-hybridized carbons (Fsp3) is 0.733. The number of rotatable bonds is 9. The highest BCUT2D eigenvalue weighted by Crippen LogP contribution is 2.38. The molecule has 0 bridgehead atoms. The zero-order valence-corrected chi connectivity index (χ0v) is 22.7. The number of hydrogen-bond donors (Lipinski definition) is 0. The summed E-state index contributed by atoms with van der Waals surface area (Å²) in [5.41, 5.74) is 3.04. The second kappa shape index (κ2) is 11.4. The number of benzene rings is 1. The lowest BCUT2D eigenvalue weighted by molar-refractivity contribution is -0.134. The van der Waals surface area contributed by atoms with Gasteiger partial charge in [0.1, 0.15) is 5.82 Å². The highest BCUT2D eigenvalue weighted by molar-refractivity contribution is 5.79. The van der Waals surface area contributed by atoms with Crippen molar-refractivity contribution < 1.29 is 13.6 Å². The fourth-order valence-corrected chi connectivity index (χ4v) is 7.02. The minimum absolute atomic E-state index is 0.168. The molecule has 2 saturated carbocycles. The lowest BCUT2D eigenvalue weighted by Crippen LogP contribution is -2.55. The van der Waals surface area contributed by atoms with Gasteiger partial charge in [-0.05, 0) is 69.1 Å². The maximum atomic E-state index is 13.4. The average Bonchev–Trinajstić information content (AvgIpc) is 3.25. The van der Waals surface area contributed by atoms with Gasteiger partial charge >= 0.3 is 0 Å². The summed E-state index contributed by atoms with van der Waals surface area (Å²) >= 11 is 0. The number of fused-ring (bicyclic) bond motifs is 1. The summed E-state index contributed by atoms with van der Waals surface area (Å²) in [6.45, 7) is 5.98. The molecule has 37 heavy (non-hydrogen) atoms. The molecule has 2 aromatic rings. The minimum atomic E-state index is -2.56. The number of amides is 1. The third kappa shape index (κ3) is 6.02. The molecule has 0 N–H and O–H groups in total. The summed E-state index contributed by atoms with van der Waals surface area (Å²) < 4.78 is 29.1. The number of nitrogens with zero attached hydrogens (tertiary/aromatic N) is 4. The number of alkyl halides is 2. The molecule has 1 aromatic heterocycles. The maximum absolute atomic E-state index is 13.4. The lowest BCUT2D eigenvalue weighted by atomic mass is 9.80. The van der Waals surface area contributed by atoms with Crippen molar-refractivity contribution in [2.24, 2.45) is 5.92 Å². The number of aryl methyl sites for hydroxylation is 1. The Morgan fingerprint density at radius 2 is 1.78 bits per heavy atom. The van der Waals surface area contributed by atoms with Crippen molar-refractivity contribution in [2.45, 2.75) is 115 Å². The molecular formula is C30H44F2N4O. The molecule has 0 spiro atoms. The second-order valence-electron chi connectivity index (χ2n) is 11.8. The highest BCUT2D eigenvalue weighted by Gasteiger charge is 2.43. The fourth-order valence-electron chi connectivity index (χ4n) is 7.02. The third-order valence-corrected chi connectivity index (χ3v) is 9.17. The van der Waals surface area contributed by atoms with Crippen LogP contribution in [0.2, 0.25) is 0 Å². The van der Waals surface area contributed by atoms with E-state index in [9.17, 15) is 13.6 Å². The Morgan fingerprint density at radius 3 is 2.43 bits per heavy atom. The summed E-state index contributed by atoms with van der Waals surface area (Å²) in [4.78, 5) is 22.4. The summed E-state index contributed by atoms with van der Waals surface area (Å²) in [6.07, 6.45) is 12.5. The quantitative estimate of drug-likeness (QED) is 0.372. The van der Waals surface area contributed by atoms with Gasteiger partial charge in [0.2, 0.25) is 5.91 Å². The van der Waals surface area contributed by atoms with E-state index in [0.717, 1.165) is 60.6 Å². The third-order valence-electron chi connectivity index (χ3n) is 9.17. The normalized spacial score (nSPS) is 24.8. The summed E-state index contributed by atoms with van der Waals surface area (Å²) in [5, 5.41) is 0. The molecule has 0 atom stereocenters. The van der Waals surface area contributed by atoms with Crippen molar-refractivity contribution in [1.82, 2.24) is 19.4 Å². The number of carbonyl (C=O) groups excluding carboxylic acids is 1. The Balaban J connectivity index is 1.37. The smallest absolute Gasteiger partial charge is 0.272 e. The lowest BCUT2D eigenvalue weighted by Gasteiger charge is -2.38. The first-order chi connectivity index (χ1) is 17.9. The van der Waals surface area contributed by atoms with Crippen LogP contribution in [0.5, 0.6) is 0 Å². The van der Waals surface area contributed by atoms with Crippen LogP contribution in [0.3, 0.4) is 0 Å². The average molecular weight is 515 g/mol. The number of aromatic nitrogens is 2. The van der Waals surface area contributed by atoms with E-state index in [1.165, 1.54) is 38.5 Å². The SMILES string of the molecule is CCC1CCC(c2nc3ccc(CN4CC(F)(F)C4)cc3n2CCC(=O)N(CC)C2CCCCC2)CC1. The monoisotopic (exact) mass is 514 g/mol. The van der Waals surface area contributed by atoms with Gasteiger partial charge in [0.05, 0.1) is 24.1 Å². The molecule has 2 heterocycles. The topological polar surface area (TPSA) is 41.4 Å². The Hall–Kier alpha value is -2.02. The van der Waals surface area contributed by atoms with E-state index in [1.807, 2.05) is 12.1 Å². The second-order valence-corrected chi connectivity index (χ2v) is 11.8. The number of carbonyl (C=O) groups is 1. The predicted molar refractivity (Wildman–Crippen MR) is 144 cm³/mol. The van der Waals surface area contributed by atoms with Gasteiger partial charge in [0.25, 0.3) is 5.92 Å². The molecule has 1 aliphatic heterocycles. The number of hydrogen-bond acceptors (Lipinski definition) is 3. The van der Waals surface area contributed by atoms with Gasteiger partial charge in [-0.15, -0.1) is 0 Å². The van der Waals surface area contributed by atoms with E-state index < -0.39 is 5.92 Å². The summed E-state index contributed by atoms with van der Waals surface area (Å²) in [7, 11) is 0. The molecule has 5 rings (SSSR count). The molecule has 3 aliphatic rings. The van der Waals surface area contributed by atoms with Gasteiger partial charge in [-0.3, -0.25) is 9.69 Å². The predicted octanol–water partition coefficient (Wildman–Crippen LogP) is 6.74. The van der Waals surface area contributed by atoms with E-state index >= 15 is 0 Å². The van der Waals surface area contributed by atoms with Gasteiger partial charge in [-0.1, -0.05) is 38.7 Å². The molecule has 2 aliphatic carbocycles. The molecule has 7 heteroatoms. The van der Waals surface area contributed by atoms with Gasteiger partial charge in [0.15, 0.2) is 0 Å². The Kier molecular flexibility index (Phi) is 8.18. The molecule has 1 amide bonds.